The summed E-state index contributed by atoms with van der Waals surface area (Å²) in [5.41, 5.74) is 0.651. The van der Waals surface area contributed by atoms with Gasteiger partial charge < -0.3 is 10.1 Å². The largest absolute Gasteiger partial charge is 0.477 e. The number of hydrogen-bond donors (Lipinski definition) is 1. The molecule has 8 heteroatoms. The zero-order valence-electron chi connectivity index (χ0n) is 14.7. The maximum atomic E-state index is 13.2. The molecular weight excluding hydrogens is 411 g/mol. The summed E-state index contributed by atoms with van der Waals surface area (Å²) in [5.74, 6) is -0.381. The van der Waals surface area contributed by atoms with Gasteiger partial charge in [0.1, 0.15) is 5.56 Å². The average Bonchev–Trinajstić information content (AvgIpc) is 2.56. The van der Waals surface area contributed by atoms with Crippen molar-refractivity contribution >= 4 is 27.6 Å². The first-order valence-corrected chi connectivity index (χ1v) is 9.20. The third-order valence-corrected chi connectivity index (χ3v) is 4.22. The molecule has 4 nitrogen and oxygen atoms in total. The molecule has 1 N–H and O–H groups in total. The lowest BCUT2D eigenvalue weighted by molar-refractivity contribution is -0.139. The Hall–Kier alpha value is -1.83. The summed E-state index contributed by atoms with van der Waals surface area (Å²) in [5, 5.41) is 2.94. The zero-order chi connectivity index (χ0) is 19.2. The zero-order valence-corrected chi connectivity index (χ0v) is 16.2. The van der Waals surface area contributed by atoms with Gasteiger partial charge in [-0.1, -0.05) is 42.1 Å². The average molecular weight is 432 g/mol. The highest BCUT2D eigenvalue weighted by Crippen LogP contribution is 2.35. The van der Waals surface area contributed by atoms with Crippen molar-refractivity contribution in [2.75, 3.05) is 11.9 Å². The van der Waals surface area contributed by atoms with E-state index in [0.29, 0.717) is 12.1 Å². The third kappa shape index (κ3) is 5.86. The molecule has 0 atom stereocenters. The van der Waals surface area contributed by atoms with Gasteiger partial charge in [0.15, 0.2) is 0 Å². The van der Waals surface area contributed by atoms with Gasteiger partial charge in [-0.2, -0.15) is 18.2 Å². The van der Waals surface area contributed by atoms with Crippen LogP contribution in [-0.4, -0.2) is 16.6 Å². The molecule has 1 aromatic heterocycles. The second kappa shape index (κ2) is 9.21. The first-order valence-electron chi connectivity index (χ1n) is 8.41. The van der Waals surface area contributed by atoms with E-state index in [-0.39, 0.29) is 12.6 Å². The van der Waals surface area contributed by atoms with Crippen molar-refractivity contribution in [3.8, 4) is 5.88 Å². The molecule has 1 heterocycles. The molecule has 0 spiro atoms. The van der Waals surface area contributed by atoms with Crippen molar-refractivity contribution in [2.24, 2.45) is 0 Å². The number of benzene rings is 1. The number of nitrogens with one attached hydrogen (secondary N) is 1. The molecule has 26 heavy (non-hydrogen) atoms. The van der Waals surface area contributed by atoms with Crippen LogP contribution in [0.2, 0.25) is 0 Å². The van der Waals surface area contributed by atoms with E-state index < -0.39 is 17.6 Å². The molecule has 0 saturated heterocycles. The molecule has 0 aliphatic carbocycles. The fourth-order valence-corrected chi connectivity index (χ4v) is 2.79. The van der Waals surface area contributed by atoms with Crippen LogP contribution in [0.25, 0.3) is 0 Å². The van der Waals surface area contributed by atoms with E-state index >= 15 is 0 Å². The maximum Gasteiger partial charge on any atom is 0.423 e. The van der Waals surface area contributed by atoms with Crippen LogP contribution >= 0.6 is 15.9 Å². The van der Waals surface area contributed by atoms with Crippen LogP contribution in [-0.2, 0) is 6.18 Å². The lowest BCUT2D eigenvalue weighted by Crippen LogP contribution is -2.13. The van der Waals surface area contributed by atoms with Gasteiger partial charge in [-0.15, -0.1) is 0 Å². The third-order valence-electron chi connectivity index (χ3n) is 3.73. The highest BCUT2D eigenvalue weighted by molar-refractivity contribution is 9.10. The van der Waals surface area contributed by atoms with Gasteiger partial charge in [0.05, 0.1) is 6.61 Å². The van der Waals surface area contributed by atoms with Gasteiger partial charge in [-0.05, 0) is 37.1 Å². The Morgan fingerprint density at radius 3 is 2.62 bits per heavy atom. The predicted octanol–water partition coefficient (Wildman–Crippen LogP) is 6.27. The molecule has 0 saturated carbocycles. The smallest absolute Gasteiger partial charge is 0.423 e. The molecular formula is C18H21BrF3N3O. The van der Waals surface area contributed by atoms with Gasteiger partial charge >= 0.3 is 6.18 Å². The Balaban J connectivity index is 2.18. The predicted molar refractivity (Wildman–Crippen MR) is 98.8 cm³/mol. The number of nitrogens with zero attached hydrogens (tertiary/aromatic N) is 2. The van der Waals surface area contributed by atoms with Crippen molar-refractivity contribution in [1.82, 2.24) is 9.97 Å². The minimum atomic E-state index is -4.56. The standard InChI is InChI=1S/C18H21BrF3N3O/c1-3-4-5-6-9-26-16-14(18(20,21)22)11-23-17(25-16)24-15-8-7-13(19)10-12(15)2/h7-8,10-11H,3-6,9H2,1-2H3,(H,23,24,25). The normalized spacial score (nSPS) is 11.5. The van der Waals surface area contributed by atoms with Crippen LogP contribution in [0.3, 0.4) is 0 Å². The summed E-state index contributed by atoms with van der Waals surface area (Å²) in [6, 6.07) is 5.51. The number of aryl methyl sites for hydroxylation is 1. The number of unbranched alkanes of at least 4 members (excludes halogenated alkanes) is 3. The summed E-state index contributed by atoms with van der Waals surface area (Å²) >= 11 is 3.37. The highest BCUT2D eigenvalue weighted by Gasteiger charge is 2.36. The summed E-state index contributed by atoms with van der Waals surface area (Å²) in [6.45, 7) is 4.13. The Morgan fingerprint density at radius 2 is 1.96 bits per heavy atom. The van der Waals surface area contributed by atoms with Gasteiger partial charge in [0.25, 0.3) is 0 Å². The number of anilines is 2. The van der Waals surface area contributed by atoms with E-state index in [1.807, 2.05) is 19.1 Å². The lowest BCUT2D eigenvalue weighted by Gasteiger charge is -2.15. The van der Waals surface area contributed by atoms with E-state index in [2.05, 4.69) is 38.1 Å². The van der Waals surface area contributed by atoms with Crippen LogP contribution in [0.15, 0.2) is 28.9 Å². The molecule has 0 aliphatic rings. The van der Waals surface area contributed by atoms with Crippen molar-refractivity contribution in [2.45, 2.75) is 45.7 Å². The fraction of sp³-hybridized carbons (Fsp3) is 0.444. The minimum absolute atomic E-state index is 0.0620. The molecule has 0 unspecified atom stereocenters. The Labute approximate surface area is 159 Å². The summed E-state index contributed by atoms with van der Waals surface area (Å²) in [6.07, 6.45) is -0.150. The quantitative estimate of drug-likeness (QED) is 0.500. The van der Waals surface area contributed by atoms with E-state index in [1.54, 1.807) is 6.07 Å². The number of halogens is 4. The number of rotatable bonds is 8. The molecule has 2 aromatic rings. The Kier molecular flexibility index (Phi) is 7.25. The SMILES string of the molecule is CCCCCCOc1nc(Nc2ccc(Br)cc2C)ncc1C(F)(F)F. The minimum Gasteiger partial charge on any atom is -0.477 e. The molecule has 1 aromatic carbocycles. The lowest BCUT2D eigenvalue weighted by atomic mass is 10.2. The molecule has 0 amide bonds. The molecule has 2 rings (SSSR count). The van der Waals surface area contributed by atoms with Crippen molar-refractivity contribution < 1.29 is 17.9 Å². The first kappa shape index (κ1) is 20.5. The topological polar surface area (TPSA) is 47.0 Å². The summed E-state index contributed by atoms with van der Waals surface area (Å²) < 4.78 is 45.7. The second-order valence-corrected chi connectivity index (χ2v) is 6.82. The summed E-state index contributed by atoms with van der Waals surface area (Å²) in [4.78, 5) is 7.73. The first-order chi connectivity index (χ1) is 12.3. The molecule has 0 radical (unpaired) electrons. The van der Waals surface area contributed by atoms with Gasteiger partial charge in [-0.25, -0.2) is 4.98 Å². The van der Waals surface area contributed by atoms with Crippen molar-refractivity contribution in [3.63, 3.8) is 0 Å². The van der Waals surface area contributed by atoms with E-state index in [1.165, 1.54) is 0 Å². The molecule has 0 fully saturated rings. The van der Waals surface area contributed by atoms with Gasteiger partial charge in [0.2, 0.25) is 11.8 Å². The number of alkyl halides is 3. The van der Waals surface area contributed by atoms with Crippen LogP contribution < -0.4 is 10.1 Å². The fourth-order valence-electron chi connectivity index (χ4n) is 2.32. The Bertz CT molecular complexity index is 738. The van der Waals surface area contributed by atoms with E-state index in [9.17, 15) is 13.2 Å². The number of hydrogen-bond acceptors (Lipinski definition) is 4. The number of ether oxygens (including phenoxy) is 1. The van der Waals surface area contributed by atoms with Crippen LogP contribution in [0.1, 0.15) is 43.7 Å². The monoisotopic (exact) mass is 431 g/mol. The van der Waals surface area contributed by atoms with Crippen molar-refractivity contribution in [3.05, 3.63) is 40.0 Å². The van der Waals surface area contributed by atoms with Crippen LogP contribution in [0.5, 0.6) is 5.88 Å². The number of aromatic nitrogens is 2. The van der Waals surface area contributed by atoms with E-state index in [4.69, 9.17) is 4.74 Å². The van der Waals surface area contributed by atoms with Crippen LogP contribution in [0, 0.1) is 6.92 Å². The molecule has 0 bridgehead atoms. The van der Waals surface area contributed by atoms with Gasteiger partial charge in [0, 0.05) is 16.4 Å². The van der Waals surface area contributed by atoms with Gasteiger partial charge in [-0.3, -0.25) is 0 Å². The second-order valence-electron chi connectivity index (χ2n) is 5.90. The highest BCUT2D eigenvalue weighted by atomic mass is 79.9. The molecule has 142 valence electrons. The van der Waals surface area contributed by atoms with Crippen molar-refractivity contribution in [1.29, 1.82) is 0 Å². The maximum absolute atomic E-state index is 13.2. The molecule has 0 aliphatic heterocycles. The Morgan fingerprint density at radius 1 is 1.19 bits per heavy atom. The van der Waals surface area contributed by atoms with E-state index in [0.717, 1.165) is 35.5 Å². The summed E-state index contributed by atoms with van der Waals surface area (Å²) in [7, 11) is 0. The van der Waals surface area contributed by atoms with Crippen LogP contribution in [0.4, 0.5) is 24.8 Å².